The Kier molecular flexibility index (Phi) is 15.7. The minimum atomic E-state index is -4.51. The van der Waals surface area contributed by atoms with Gasteiger partial charge in [0.1, 0.15) is 6.61 Å². The molecule has 0 aromatic heterocycles. The summed E-state index contributed by atoms with van der Waals surface area (Å²) in [4.78, 5) is 0. The highest BCUT2D eigenvalue weighted by Gasteiger charge is 2.28. The van der Waals surface area contributed by atoms with Crippen molar-refractivity contribution in [1.29, 1.82) is 0 Å². The summed E-state index contributed by atoms with van der Waals surface area (Å²) in [7, 11) is -4.51. The molecule has 0 rings (SSSR count). The topological polar surface area (TPSA) is 82.1 Å². The average molecular weight is 397 g/mol. The molecule has 7 heteroatoms. The molecule has 0 unspecified atom stereocenters. The van der Waals surface area contributed by atoms with Crippen LogP contribution in [0.2, 0.25) is 0 Å². The smallest absolute Gasteiger partial charge is 0.348 e. The molecule has 0 aliphatic heterocycles. The van der Waals surface area contributed by atoms with Gasteiger partial charge in [0.2, 0.25) is 0 Å². The van der Waals surface area contributed by atoms with Crippen molar-refractivity contribution in [2.24, 2.45) is 0 Å². The summed E-state index contributed by atoms with van der Waals surface area (Å²) in [5.74, 6) is -1.16. The molecule has 0 aliphatic rings. The van der Waals surface area contributed by atoms with Crippen LogP contribution in [0, 0.1) is 0 Å². The normalized spacial score (nSPS) is 12.6. The van der Waals surface area contributed by atoms with Crippen LogP contribution in [0.3, 0.4) is 0 Å². The molecule has 0 saturated heterocycles. The summed E-state index contributed by atoms with van der Waals surface area (Å²) in [5, 5.41) is 0. The first kappa shape index (κ1) is 25.8. The summed E-state index contributed by atoms with van der Waals surface area (Å²) in [6.45, 7) is 6.64. The first-order chi connectivity index (χ1) is 12.3. The van der Waals surface area contributed by atoms with E-state index in [-0.39, 0.29) is 6.61 Å². The lowest BCUT2D eigenvalue weighted by Crippen LogP contribution is -2.39. The Labute approximate surface area is 160 Å². The van der Waals surface area contributed by atoms with Crippen LogP contribution < -0.4 is 0 Å². The Hall–Kier alpha value is -0.210. The summed E-state index contributed by atoms with van der Waals surface area (Å²) in [6.07, 6.45) is 13.7. The number of ether oxygens (including phenoxy) is 2. The van der Waals surface area contributed by atoms with Crippen molar-refractivity contribution in [3.05, 3.63) is 0 Å². The van der Waals surface area contributed by atoms with Gasteiger partial charge < -0.3 is 9.47 Å². The minimum absolute atomic E-state index is 0.350. The van der Waals surface area contributed by atoms with Crippen LogP contribution in [-0.4, -0.2) is 38.6 Å². The minimum Gasteiger partial charge on any atom is -0.348 e. The molecule has 0 bridgehead atoms. The van der Waals surface area contributed by atoms with Gasteiger partial charge in [-0.25, -0.2) is 4.18 Å². The molecule has 0 atom stereocenters. The molecule has 1 N–H and O–H groups in total. The molecule has 0 aliphatic carbocycles. The number of hydrogen-bond acceptors (Lipinski definition) is 5. The Morgan fingerprint density at radius 2 is 1.12 bits per heavy atom. The summed E-state index contributed by atoms with van der Waals surface area (Å²) in [6, 6.07) is 0. The van der Waals surface area contributed by atoms with E-state index in [4.69, 9.17) is 14.0 Å². The van der Waals surface area contributed by atoms with Crippen molar-refractivity contribution in [3.63, 3.8) is 0 Å². The monoisotopic (exact) mass is 396 g/mol. The van der Waals surface area contributed by atoms with E-state index in [9.17, 15) is 8.42 Å². The van der Waals surface area contributed by atoms with E-state index in [1.807, 2.05) is 0 Å². The molecular formula is C19H40O6S. The van der Waals surface area contributed by atoms with Gasteiger partial charge in [-0.15, -0.1) is 0 Å². The zero-order chi connectivity index (χ0) is 19.7. The molecule has 26 heavy (non-hydrogen) atoms. The Balaban J connectivity index is 4.12. The fourth-order valence-corrected chi connectivity index (χ4v) is 3.01. The molecule has 0 aromatic carbocycles. The van der Waals surface area contributed by atoms with Crippen LogP contribution in [0.25, 0.3) is 0 Å². The fraction of sp³-hybridized carbons (Fsp3) is 1.00. The van der Waals surface area contributed by atoms with Crippen molar-refractivity contribution in [1.82, 2.24) is 0 Å². The molecule has 0 spiro atoms. The highest BCUT2D eigenvalue weighted by molar-refractivity contribution is 7.80. The summed E-state index contributed by atoms with van der Waals surface area (Å²) >= 11 is 0. The lowest BCUT2D eigenvalue weighted by molar-refractivity contribution is -0.240. The summed E-state index contributed by atoms with van der Waals surface area (Å²) in [5.41, 5.74) is 0. The second-order valence-corrected chi connectivity index (χ2v) is 8.15. The predicted molar refractivity (Wildman–Crippen MR) is 105 cm³/mol. The van der Waals surface area contributed by atoms with Crippen molar-refractivity contribution in [2.45, 2.75) is 104 Å². The number of unbranched alkanes of at least 4 members (excludes halogenated alkanes) is 10. The van der Waals surface area contributed by atoms with Crippen LogP contribution in [-0.2, 0) is 24.1 Å². The van der Waals surface area contributed by atoms with Crippen LogP contribution >= 0.6 is 0 Å². The van der Waals surface area contributed by atoms with Crippen molar-refractivity contribution >= 4 is 10.4 Å². The average Bonchev–Trinajstić information content (AvgIpc) is 2.58. The van der Waals surface area contributed by atoms with Gasteiger partial charge in [0.15, 0.2) is 5.79 Å². The van der Waals surface area contributed by atoms with Gasteiger partial charge >= 0.3 is 10.4 Å². The second kappa shape index (κ2) is 15.8. The third-order valence-electron chi connectivity index (χ3n) is 4.28. The third-order valence-corrected chi connectivity index (χ3v) is 4.70. The van der Waals surface area contributed by atoms with E-state index in [0.717, 1.165) is 25.7 Å². The lowest BCUT2D eigenvalue weighted by Gasteiger charge is -2.29. The van der Waals surface area contributed by atoms with Crippen LogP contribution in [0.1, 0.15) is 97.8 Å². The van der Waals surface area contributed by atoms with Gasteiger partial charge in [-0.2, -0.15) is 8.42 Å². The van der Waals surface area contributed by atoms with Gasteiger partial charge in [0.25, 0.3) is 0 Å². The van der Waals surface area contributed by atoms with E-state index < -0.39 is 16.2 Å². The number of hydrogen-bond donors (Lipinski definition) is 1. The molecule has 0 fully saturated rings. The Bertz CT molecular complexity index is 392. The molecule has 158 valence electrons. The van der Waals surface area contributed by atoms with Crippen LogP contribution in [0.5, 0.6) is 0 Å². The lowest BCUT2D eigenvalue weighted by atomic mass is 10.1. The maximum atomic E-state index is 10.9. The van der Waals surface area contributed by atoms with E-state index in [0.29, 0.717) is 13.2 Å². The highest BCUT2D eigenvalue weighted by atomic mass is 32.3. The second-order valence-electron chi connectivity index (χ2n) is 7.06. The fourth-order valence-electron chi connectivity index (χ4n) is 2.65. The van der Waals surface area contributed by atoms with Gasteiger partial charge in [0, 0.05) is 0 Å². The van der Waals surface area contributed by atoms with Crippen LogP contribution in [0.4, 0.5) is 0 Å². The Morgan fingerprint density at radius 3 is 1.50 bits per heavy atom. The number of rotatable bonds is 19. The van der Waals surface area contributed by atoms with E-state index in [2.05, 4.69) is 18.0 Å². The molecule has 0 saturated carbocycles. The van der Waals surface area contributed by atoms with Crippen molar-refractivity contribution in [3.8, 4) is 0 Å². The zero-order valence-electron chi connectivity index (χ0n) is 17.0. The van der Waals surface area contributed by atoms with Crippen LogP contribution in [0.15, 0.2) is 0 Å². The standard InChI is InChI=1S/C19H40O6S/c1-4-6-8-10-12-14-16-23-19(3,18-25-26(20,21)22)24-17-15-13-11-9-7-5-2/h4-18H2,1-3H3,(H,20,21,22). The molecule has 0 radical (unpaired) electrons. The van der Waals surface area contributed by atoms with E-state index >= 15 is 0 Å². The van der Waals surface area contributed by atoms with Gasteiger partial charge in [-0.3, -0.25) is 4.55 Å². The van der Waals surface area contributed by atoms with Crippen molar-refractivity contribution in [2.75, 3.05) is 19.8 Å². The first-order valence-corrected chi connectivity index (χ1v) is 11.6. The van der Waals surface area contributed by atoms with E-state index in [1.165, 1.54) is 51.4 Å². The highest BCUT2D eigenvalue weighted by Crippen LogP contribution is 2.17. The maximum Gasteiger partial charge on any atom is 0.397 e. The van der Waals surface area contributed by atoms with E-state index in [1.54, 1.807) is 6.92 Å². The van der Waals surface area contributed by atoms with Crippen molar-refractivity contribution < 1.29 is 26.6 Å². The quantitative estimate of drug-likeness (QED) is 0.182. The molecule has 0 amide bonds. The molecule has 6 nitrogen and oxygen atoms in total. The molecule has 0 heterocycles. The van der Waals surface area contributed by atoms with Gasteiger partial charge in [-0.05, 0) is 19.8 Å². The molecule has 0 aromatic rings. The first-order valence-electron chi connectivity index (χ1n) is 10.2. The largest absolute Gasteiger partial charge is 0.397 e. The molecular weight excluding hydrogens is 356 g/mol. The third kappa shape index (κ3) is 17.2. The summed E-state index contributed by atoms with van der Waals surface area (Å²) < 4.78 is 46.5. The SMILES string of the molecule is CCCCCCCCOC(C)(COS(=O)(=O)O)OCCCCCCCC. The van der Waals surface area contributed by atoms with Gasteiger partial charge in [0.05, 0.1) is 13.2 Å². The predicted octanol–water partition coefficient (Wildman–Crippen LogP) is 5.28. The maximum absolute atomic E-state index is 10.9. The zero-order valence-corrected chi connectivity index (χ0v) is 17.8. The Morgan fingerprint density at radius 1 is 0.731 bits per heavy atom. The van der Waals surface area contributed by atoms with Gasteiger partial charge in [-0.1, -0.05) is 78.1 Å².